The van der Waals surface area contributed by atoms with E-state index >= 15 is 0 Å². The first-order valence-electron chi connectivity index (χ1n) is 13.9. The van der Waals surface area contributed by atoms with Gasteiger partial charge in [0.05, 0.1) is 24.0 Å². The van der Waals surface area contributed by atoms with Crippen molar-refractivity contribution in [3.05, 3.63) is 11.1 Å². The number of sulfonamides is 1. The van der Waals surface area contributed by atoms with Crippen LogP contribution in [0.4, 0.5) is 0 Å². The van der Waals surface area contributed by atoms with Gasteiger partial charge in [-0.05, 0) is 93.8 Å². The molecule has 190 valence electrons. The third kappa shape index (κ3) is 3.37. The van der Waals surface area contributed by atoms with E-state index in [-0.39, 0.29) is 23.7 Å². The summed E-state index contributed by atoms with van der Waals surface area (Å²) in [7, 11) is -3.23. The lowest BCUT2D eigenvalue weighted by Crippen LogP contribution is -2.51. The summed E-state index contributed by atoms with van der Waals surface area (Å²) in [4.78, 5) is 12.2. The Kier molecular flexibility index (Phi) is 5.49. The normalized spacial score (nSPS) is 49.4. The van der Waals surface area contributed by atoms with Crippen molar-refractivity contribution in [2.24, 2.45) is 35.0 Å². The third-order valence-electron chi connectivity index (χ3n) is 11.7. The van der Waals surface area contributed by atoms with E-state index in [4.69, 9.17) is 4.74 Å². The summed E-state index contributed by atoms with van der Waals surface area (Å²) in [5, 5.41) is 0. The predicted molar refractivity (Wildman–Crippen MR) is 133 cm³/mol. The minimum atomic E-state index is -3.23. The van der Waals surface area contributed by atoms with Crippen molar-refractivity contribution in [3.63, 3.8) is 0 Å². The van der Waals surface area contributed by atoms with Crippen LogP contribution in [0.2, 0.25) is 0 Å². The van der Waals surface area contributed by atoms with Crippen LogP contribution < -0.4 is 0 Å². The molecule has 6 rings (SSSR count). The molecule has 3 saturated carbocycles. The van der Waals surface area contributed by atoms with Gasteiger partial charge in [-0.2, -0.15) is 4.31 Å². The number of hydrogen-bond donors (Lipinski definition) is 0. The minimum Gasteiger partial charge on any atom is -0.369 e. The number of fused-ring (bicyclic) bond motifs is 6. The highest BCUT2D eigenvalue weighted by Gasteiger charge is 2.60. The summed E-state index contributed by atoms with van der Waals surface area (Å²) >= 11 is 0. The topological polar surface area (TPSA) is 63.7 Å². The maximum Gasteiger partial charge on any atom is 0.211 e. The maximum absolute atomic E-state index is 12.6. The SMILES string of the molecule is CC1=C2CC3C(CCC4CC(=O)CCC43C)C2CCC2(C1)OC1CCCN(S(C)(=O)=O)C1C2C. The summed E-state index contributed by atoms with van der Waals surface area (Å²) < 4.78 is 33.9. The van der Waals surface area contributed by atoms with Gasteiger partial charge in [0, 0.05) is 25.3 Å². The highest BCUT2D eigenvalue weighted by atomic mass is 32.2. The first-order chi connectivity index (χ1) is 16.0. The van der Waals surface area contributed by atoms with E-state index < -0.39 is 10.0 Å². The molecule has 5 nitrogen and oxygen atoms in total. The zero-order valence-corrected chi connectivity index (χ0v) is 22.3. The quantitative estimate of drug-likeness (QED) is 0.481. The molecule has 1 spiro atoms. The van der Waals surface area contributed by atoms with Crippen LogP contribution >= 0.6 is 0 Å². The molecule has 0 amide bonds. The van der Waals surface area contributed by atoms with Crippen molar-refractivity contribution in [2.75, 3.05) is 12.8 Å². The summed E-state index contributed by atoms with van der Waals surface area (Å²) in [5.41, 5.74) is 3.34. The van der Waals surface area contributed by atoms with Crippen LogP contribution in [0.3, 0.4) is 0 Å². The van der Waals surface area contributed by atoms with E-state index in [1.165, 1.54) is 37.5 Å². The van der Waals surface area contributed by atoms with Crippen molar-refractivity contribution in [3.8, 4) is 0 Å². The van der Waals surface area contributed by atoms with E-state index in [9.17, 15) is 13.2 Å². The highest BCUT2D eigenvalue weighted by Crippen LogP contribution is 2.65. The number of allylic oxidation sites excluding steroid dienone is 1. The lowest BCUT2D eigenvalue weighted by Gasteiger charge is -2.52. The average Bonchev–Trinajstić information content (AvgIpc) is 3.24. The van der Waals surface area contributed by atoms with Gasteiger partial charge in [0.1, 0.15) is 5.78 Å². The molecule has 9 atom stereocenters. The van der Waals surface area contributed by atoms with E-state index in [0.29, 0.717) is 29.6 Å². The molecule has 0 N–H and O–H groups in total. The van der Waals surface area contributed by atoms with Gasteiger partial charge in [-0.25, -0.2) is 8.42 Å². The predicted octanol–water partition coefficient (Wildman–Crippen LogP) is 5.11. The van der Waals surface area contributed by atoms with Crippen LogP contribution in [-0.4, -0.2) is 49.1 Å². The molecule has 0 aromatic carbocycles. The highest BCUT2D eigenvalue weighted by molar-refractivity contribution is 7.88. The van der Waals surface area contributed by atoms with Crippen molar-refractivity contribution in [2.45, 2.75) is 109 Å². The number of piperidine rings is 1. The second kappa shape index (κ2) is 7.89. The van der Waals surface area contributed by atoms with Crippen LogP contribution in [-0.2, 0) is 19.6 Å². The molecule has 9 unspecified atom stereocenters. The molecule has 5 fully saturated rings. The second-order valence-corrected chi connectivity index (χ2v) is 15.1. The summed E-state index contributed by atoms with van der Waals surface area (Å²) in [5.74, 6) is 3.43. The molecular weight excluding hydrogens is 446 g/mol. The summed E-state index contributed by atoms with van der Waals surface area (Å²) in [6.07, 6.45) is 12.9. The van der Waals surface area contributed by atoms with Crippen molar-refractivity contribution in [1.82, 2.24) is 4.31 Å². The molecule has 6 heteroatoms. The summed E-state index contributed by atoms with van der Waals surface area (Å²) in [6.45, 7) is 7.76. The molecule has 2 heterocycles. The monoisotopic (exact) mass is 489 g/mol. The molecule has 0 aromatic heterocycles. The smallest absolute Gasteiger partial charge is 0.211 e. The number of ether oxygens (including phenoxy) is 1. The maximum atomic E-state index is 12.6. The Morgan fingerprint density at radius 3 is 2.65 bits per heavy atom. The van der Waals surface area contributed by atoms with Crippen molar-refractivity contribution >= 4 is 15.8 Å². The van der Waals surface area contributed by atoms with Crippen molar-refractivity contribution in [1.29, 1.82) is 0 Å². The lowest BCUT2D eigenvalue weighted by molar-refractivity contribution is -0.129. The van der Waals surface area contributed by atoms with Gasteiger partial charge < -0.3 is 4.74 Å². The molecule has 6 aliphatic rings. The Labute approximate surface area is 206 Å². The number of carbonyl (C=O) groups is 1. The summed E-state index contributed by atoms with van der Waals surface area (Å²) in [6, 6.07) is -0.0126. The Balaban J connectivity index is 1.29. The van der Waals surface area contributed by atoms with Gasteiger partial charge >= 0.3 is 0 Å². The van der Waals surface area contributed by atoms with Crippen LogP contribution in [0.5, 0.6) is 0 Å². The lowest BCUT2D eigenvalue weighted by atomic mass is 9.52. The van der Waals surface area contributed by atoms with Crippen LogP contribution in [0.15, 0.2) is 11.1 Å². The molecule has 4 aliphatic carbocycles. The fraction of sp³-hybridized carbons (Fsp3) is 0.893. The Morgan fingerprint density at radius 1 is 1.09 bits per heavy atom. The molecule has 34 heavy (non-hydrogen) atoms. The van der Waals surface area contributed by atoms with Gasteiger partial charge in [0.2, 0.25) is 10.0 Å². The van der Waals surface area contributed by atoms with Crippen molar-refractivity contribution < 1.29 is 17.9 Å². The number of Topliss-reactive ketones (excluding diaryl/α,β-unsaturated/α-hetero) is 1. The van der Waals surface area contributed by atoms with Crippen LogP contribution in [0.25, 0.3) is 0 Å². The average molecular weight is 490 g/mol. The number of nitrogens with zero attached hydrogens (tertiary/aromatic N) is 1. The fourth-order valence-electron chi connectivity index (χ4n) is 9.92. The third-order valence-corrected chi connectivity index (χ3v) is 13.0. The Morgan fingerprint density at radius 2 is 1.88 bits per heavy atom. The van der Waals surface area contributed by atoms with E-state index in [1.54, 1.807) is 9.88 Å². The fourth-order valence-corrected chi connectivity index (χ4v) is 11.1. The number of ketones is 1. The van der Waals surface area contributed by atoms with E-state index in [1.807, 2.05) is 0 Å². The van der Waals surface area contributed by atoms with E-state index in [0.717, 1.165) is 56.8 Å². The van der Waals surface area contributed by atoms with Gasteiger partial charge in [0.25, 0.3) is 0 Å². The minimum absolute atomic E-state index is 0.0126. The van der Waals surface area contributed by atoms with Crippen LogP contribution in [0, 0.1) is 35.0 Å². The molecule has 0 bridgehead atoms. The van der Waals surface area contributed by atoms with Gasteiger partial charge in [-0.3, -0.25) is 4.79 Å². The molecule has 0 radical (unpaired) electrons. The second-order valence-electron chi connectivity index (χ2n) is 13.1. The zero-order valence-electron chi connectivity index (χ0n) is 21.5. The first kappa shape index (κ1) is 23.7. The Hall–Kier alpha value is -0.720. The molecule has 2 aliphatic heterocycles. The number of rotatable bonds is 1. The first-order valence-corrected chi connectivity index (χ1v) is 15.7. The van der Waals surface area contributed by atoms with Crippen LogP contribution in [0.1, 0.15) is 91.4 Å². The van der Waals surface area contributed by atoms with Gasteiger partial charge in [-0.1, -0.05) is 25.0 Å². The number of hydrogen-bond acceptors (Lipinski definition) is 4. The Bertz CT molecular complexity index is 1020. The zero-order chi connectivity index (χ0) is 24.0. The molecule has 0 aromatic rings. The largest absolute Gasteiger partial charge is 0.369 e. The molecule has 2 saturated heterocycles. The standard InChI is InChI=1S/C28H43NO4S/c1-17-16-28(18(2)26-25(33-28)6-5-13-29(26)34(4,31)32)12-10-21-22-8-7-19-14-20(30)9-11-27(19,3)24(22)15-23(17)21/h18-19,21-22,24-26H,5-16H2,1-4H3. The number of carbonyl (C=O) groups excluding carboxylic acids is 1. The van der Waals surface area contributed by atoms with Gasteiger partial charge in [-0.15, -0.1) is 0 Å². The molecular formula is C28H43NO4S. The van der Waals surface area contributed by atoms with Gasteiger partial charge in [0.15, 0.2) is 0 Å². The van der Waals surface area contributed by atoms with E-state index in [2.05, 4.69) is 20.8 Å².